The first-order valence-electron chi connectivity index (χ1n) is 9.97. The van der Waals surface area contributed by atoms with E-state index in [9.17, 15) is 19.4 Å². The molecule has 0 aromatic rings. The van der Waals surface area contributed by atoms with Crippen molar-refractivity contribution >= 4 is 5.97 Å². The summed E-state index contributed by atoms with van der Waals surface area (Å²) in [4.78, 5) is 11.5. The maximum atomic E-state index is 14.5. The van der Waals surface area contributed by atoms with Crippen molar-refractivity contribution in [2.75, 3.05) is 0 Å². The largest absolute Gasteiger partial charge is 0.508 e. The van der Waals surface area contributed by atoms with E-state index in [1.54, 1.807) is 6.08 Å². The molecule has 0 spiro atoms. The predicted octanol–water partition coefficient (Wildman–Crippen LogP) is 2.93. The second kappa shape index (κ2) is 6.05. The molecule has 5 nitrogen and oxygen atoms in total. The van der Waals surface area contributed by atoms with Crippen LogP contribution in [0.2, 0.25) is 0 Å². The molecule has 4 aliphatic carbocycles. The topological polar surface area (TPSA) is 92.8 Å². The Morgan fingerprint density at radius 1 is 1.37 bits per heavy atom. The Bertz CT molecular complexity index is 734. The number of rotatable bonds is 1. The van der Waals surface area contributed by atoms with Gasteiger partial charge in [-0.1, -0.05) is 19.4 Å². The molecule has 0 aliphatic heterocycles. The summed E-state index contributed by atoms with van der Waals surface area (Å²) < 4.78 is 19.9. The molecule has 0 radical (unpaired) electrons. The van der Waals surface area contributed by atoms with Gasteiger partial charge in [-0.05, 0) is 66.4 Å². The van der Waals surface area contributed by atoms with Crippen LogP contribution in [0.5, 0.6) is 0 Å². The molecule has 0 aromatic heterocycles. The molecule has 0 heterocycles. The Morgan fingerprint density at radius 3 is 2.74 bits per heavy atom. The summed E-state index contributed by atoms with van der Waals surface area (Å²) in [5.74, 6) is -0.195. The molecule has 4 rings (SSSR count). The van der Waals surface area contributed by atoms with Crippen LogP contribution in [-0.4, -0.2) is 40.6 Å². The fourth-order valence-corrected chi connectivity index (χ4v) is 6.43. The number of nitrogens with two attached hydrogens (primary N) is 1. The third-order valence-electron chi connectivity index (χ3n) is 8.04. The number of fused-ring (bicyclic) bond motifs is 5. The van der Waals surface area contributed by atoms with Crippen LogP contribution in [-0.2, 0) is 9.53 Å². The fraction of sp³-hybridized carbons (Fsp3) is 0.762. The quantitative estimate of drug-likeness (QED) is 0.609. The van der Waals surface area contributed by atoms with Crippen molar-refractivity contribution in [3.8, 4) is 0 Å². The minimum Gasteiger partial charge on any atom is -0.508 e. The number of aliphatic hydroxyl groups is 2. The van der Waals surface area contributed by atoms with E-state index in [0.717, 1.165) is 24.0 Å². The average Bonchev–Trinajstić information content (AvgIpc) is 2.80. The van der Waals surface area contributed by atoms with Gasteiger partial charge in [0, 0.05) is 13.0 Å². The lowest BCUT2D eigenvalue weighted by Crippen LogP contribution is -2.52. The van der Waals surface area contributed by atoms with Crippen molar-refractivity contribution in [3.63, 3.8) is 0 Å². The van der Waals surface area contributed by atoms with Gasteiger partial charge >= 0.3 is 5.97 Å². The number of alkyl halides is 1. The number of hydrogen-bond acceptors (Lipinski definition) is 5. The van der Waals surface area contributed by atoms with Crippen LogP contribution >= 0.6 is 0 Å². The molecule has 27 heavy (non-hydrogen) atoms. The minimum absolute atomic E-state index is 0.0543. The first-order valence-corrected chi connectivity index (χ1v) is 9.97. The maximum absolute atomic E-state index is 14.5. The van der Waals surface area contributed by atoms with Gasteiger partial charge in [0.2, 0.25) is 0 Å². The van der Waals surface area contributed by atoms with Gasteiger partial charge in [-0.15, -0.1) is 0 Å². The third-order valence-corrected chi connectivity index (χ3v) is 8.04. The predicted molar refractivity (Wildman–Crippen MR) is 98.4 cm³/mol. The molecule has 0 saturated heterocycles. The molecule has 0 aromatic carbocycles. The van der Waals surface area contributed by atoms with E-state index in [0.29, 0.717) is 19.3 Å². The first kappa shape index (κ1) is 18.9. The number of carbonyl (C=O) groups excluding carboxylic acids is 1. The summed E-state index contributed by atoms with van der Waals surface area (Å²) in [5.41, 5.74) is 7.46. The molecule has 0 amide bonds. The smallest absolute Gasteiger partial charge is 0.302 e. The van der Waals surface area contributed by atoms with Crippen molar-refractivity contribution in [3.05, 3.63) is 23.0 Å². The molecule has 3 saturated carbocycles. The van der Waals surface area contributed by atoms with E-state index in [4.69, 9.17) is 10.5 Å². The highest BCUT2D eigenvalue weighted by Crippen LogP contribution is 2.64. The van der Waals surface area contributed by atoms with Crippen molar-refractivity contribution in [1.29, 1.82) is 0 Å². The number of hydrogen-bond donors (Lipinski definition) is 3. The monoisotopic (exact) mass is 379 g/mol. The van der Waals surface area contributed by atoms with Gasteiger partial charge in [-0.3, -0.25) is 4.79 Å². The van der Waals surface area contributed by atoms with Crippen molar-refractivity contribution < 1.29 is 24.1 Å². The average molecular weight is 379 g/mol. The lowest BCUT2D eigenvalue weighted by atomic mass is 9.50. The molecule has 6 heteroatoms. The van der Waals surface area contributed by atoms with Crippen LogP contribution in [0.1, 0.15) is 52.9 Å². The highest BCUT2D eigenvalue weighted by molar-refractivity contribution is 5.66. The summed E-state index contributed by atoms with van der Waals surface area (Å²) in [6, 6.07) is -0.510. The van der Waals surface area contributed by atoms with Crippen molar-refractivity contribution in [1.82, 2.24) is 0 Å². The molecule has 0 bridgehead atoms. The van der Waals surface area contributed by atoms with Gasteiger partial charge in [0.05, 0.1) is 6.10 Å². The maximum Gasteiger partial charge on any atom is 0.302 e. The van der Waals surface area contributed by atoms with Crippen molar-refractivity contribution in [2.24, 2.45) is 28.4 Å². The van der Waals surface area contributed by atoms with Crippen LogP contribution in [0.3, 0.4) is 0 Å². The van der Waals surface area contributed by atoms with E-state index < -0.39 is 30.4 Å². The van der Waals surface area contributed by atoms with E-state index in [-0.39, 0.29) is 28.4 Å². The number of ether oxygens (including phenoxy) is 1. The molecule has 150 valence electrons. The van der Waals surface area contributed by atoms with E-state index in [2.05, 4.69) is 6.92 Å². The number of esters is 1. The second-order valence-electron chi connectivity index (χ2n) is 9.48. The Morgan fingerprint density at radius 2 is 2.07 bits per heavy atom. The van der Waals surface area contributed by atoms with Crippen LogP contribution < -0.4 is 5.73 Å². The van der Waals surface area contributed by atoms with Gasteiger partial charge in [0.1, 0.15) is 18.0 Å². The minimum atomic E-state index is -1.06. The molecule has 3 fully saturated rings. The number of halogens is 1. The van der Waals surface area contributed by atoms with Gasteiger partial charge < -0.3 is 20.7 Å². The Balaban J connectivity index is 1.74. The number of aliphatic hydroxyl groups excluding tert-OH is 2. The zero-order chi connectivity index (χ0) is 19.7. The Labute approximate surface area is 159 Å². The van der Waals surface area contributed by atoms with E-state index in [1.807, 2.05) is 6.92 Å². The molecule has 4 N–H and O–H groups in total. The van der Waals surface area contributed by atoms with E-state index in [1.165, 1.54) is 6.92 Å². The van der Waals surface area contributed by atoms with Gasteiger partial charge in [-0.25, -0.2) is 4.39 Å². The normalized spacial score (nSPS) is 49.0. The lowest BCUT2D eigenvalue weighted by molar-refractivity contribution is -0.157. The van der Waals surface area contributed by atoms with Gasteiger partial charge in [-0.2, -0.15) is 0 Å². The molecule has 8 atom stereocenters. The number of carbonyl (C=O) groups is 1. The lowest BCUT2D eigenvalue weighted by Gasteiger charge is -2.55. The summed E-state index contributed by atoms with van der Waals surface area (Å²) in [6.07, 6.45) is 2.23. The molecular weight excluding hydrogens is 349 g/mol. The highest BCUT2D eigenvalue weighted by atomic mass is 19.1. The molecular formula is C21H30FNO4. The Hall–Kier alpha value is -1.40. The van der Waals surface area contributed by atoms with Crippen molar-refractivity contribution in [2.45, 2.75) is 77.3 Å². The molecule has 4 aliphatic rings. The first-order chi connectivity index (χ1) is 12.6. The van der Waals surface area contributed by atoms with Crippen LogP contribution in [0, 0.1) is 22.7 Å². The van der Waals surface area contributed by atoms with Crippen LogP contribution in [0.4, 0.5) is 4.39 Å². The highest BCUT2D eigenvalue weighted by Gasteiger charge is 2.60. The zero-order valence-corrected chi connectivity index (χ0v) is 16.2. The third kappa shape index (κ3) is 2.59. The van der Waals surface area contributed by atoms with Gasteiger partial charge in [0.25, 0.3) is 0 Å². The fourth-order valence-electron chi connectivity index (χ4n) is 6.43. The SMILES string of the molecule is CC(=O)O[C@H]1C[C@@]2(C)C(=CC(O)=C3[C@@H]4C[C@@H](F)[C@H](N)[C@@]4(C)CC[C@@H]32)C[C@H]1O. The Kier molecular flexibility index (Phi) is 4.24. The summed E-state index contributed by atoms with van der Waals surface area (Å²) in [6.45, 7) is 5.53. The summed E-state index contributed by atoms with van der Waals surface area (Å²) in [7, 11) is 0. The second-order valence-corrected chi connectivity index (χ2v) is 9.48. The van der Waals surface area contributed by atoms with Crippen LogP contribution in [0.15, 0.2) is 23.0 Å². The standard InChI is InChI=1S/C21H30FNO4/c1-10(24)27-17-9-21(3)11(6-15(17)25)7-16(26)18-12(21)4-5-20(2)13(18)8-14(22)19(20)23/h7,12-15,17,19,25-26H,4-6,8-9,23H2,1-3H3/t12-,13-,14+,15+,17-,19-,20-,21-/m0/s1. The zero-order valence-electron chi connectivity index (χ0n) is 16.2. The molecule has 0 unspecified atom stereocenters. The number of allylic oxidation sites excluding steroid dienone is 2. The van der Waals surface area contributed by atoms with E-state index >= 15 is 0 Å². The van der Waals surface area contributed by atoms with Crippen LogP contribution in [0.25, 0.3) is 0 Å². The summed E-state index contributed by atoms with van der Waals surface area (Å²) in [5, 5.41) is 21.3. The summed E-state index contributed by atoms with van der Waals surface area (Å²) >= 11 is 0. The van der Waals surface area contributed by atoms with Gasteiger partial charge in [0.15, 0.2) is 0 Å².